The Hall–Kier alpha value is -2.26. The van der Waals surface area contributed by atoms with Gasteiger partial charge in [-0.05, 0) is 23.6 Å². The summed E-state index contributed by atoms with van der Waals surface area (Å²) in [5.41, 5.74) is 1.81. The summed E-state index contributed by atoms with van der Waals surface area (Å²) in [5.74, 6) is 1.14. The molecule has 122 valence electrons. The van der Waals surface area contributed by atoms with Gasteiger partial charge in [-0.2, -0.15) is 25.1 Å². The van der Waals surface area contributed by atoms with Crippen LogP contribution in [-0.4, -0.2) is 19.7 Å². The highest BCUT2D eigenvalue weighted by Gasteiger charge is 2.19. The van der Waals surface area contributed by atoms with Gasteiger partial charge >= 0.3 is 6.55 Å². The number of hydrogen-bond donors (Lipinski definition) is 0. The molecule has 0 aliphatic heterocycles. The minimum atomic E-state index is -2.66. The average molecular weight is 364 g/mol. The number of halogens is 2. The van der Waals surface area contributed by atoms with Crippen LogP contribution in [-0.2, 0) is 5.75 Å². The van der Waals surface area contributed by atoms with E-state index in [2.05, 4.69) is 15.1 Å². The van der Waals surface area contributed by atoms with Gasteiger partial charge in [0, 0.05) is 10.9 Å². The Morgan fingerprint density at radius 2 is 2.08 bits per heavy atom. The topological polar surface area (TPSA) is 56.7 Å². The van der Waals surface area contributed by atoms with Crippen LogP contribution in [0.4, 0.5) is 8.78 Å². The molecule has 0 saturated heterocycles. The van der Waals surface area contributed by atoms with Gasteiger partial charge in [-0.25, -0.2) is 4.98 Å². The number of thioether (sulfide) groups is 1. The number of aromatic nitrogens is 4. The van der Waals surface area contributed by atoms with Crippen LogP contribution >= 0.6 is 23.1 Å². The molecule has 24 heavy (non-hydrogen) atoms. The summed E-state index contributed by atoms with van der Waals surface area (Å²) in [6.07, 6.45) is 0. The summed E-state index contributed by atoms with van der Waals surface area (Å²) >= 11 is 2.68. The molecule has 0 aliphatic carbocycles. The van der Waals surface area contributed by atoms with Crippen molar-refractivity contribution >= 4 is 34.1 Å². The molecule has 0 atom stereocenters. The van der Waals surface area contributed by atoms with Gasteiger partial charge in [-0.15, -0.1) is 0 Å². The smallest absolute Gasteiger partial charge is 0.321 e. The maximum Gasteiger partial charge on any atom is 0.321 e. The standard InChI is InChI=1S/C15H10F2N4OS2/c16-14(17)21-11-4-2-1-3-10(11)18-15(21)24-8-12-19-13(20-22-12)9-5-6-23-7-9/h1-7,14H,8H2. The van der Waals surface area contributed by atoms with E-state index in [0.717, 1.165) is 21.9 Å². The SMILES string of the molecule is FC(F)n1c(SCc2nc(-c3ccsc3)no2)nc2ccccc21. The Balaban J connectivity index is 1.58. The summed E-state index contributed by atoms with van der Waals surface area (Å²) in [4.78, 5) is 8.54. The van der Waals surface area contributed by atoms with Crippen LogP contribution in [0, 0.1) is 0 Å². The summed E-state index contributed by atoms with van der Waals surface area (Å²) in [6.45, 7) is -2.66. The van der Waals surface area contributed by atoms with Crippen LogP contribution < -0.4 is 0 Å². The van der Waals surface area contributed by atoms with Crippen molar-refractivity contribution in [3.8, 4) is 11.4 Å². The molecule has 4 aromatic rings. The number of imidazole rings is 1. The molecule has 0 fully saturated rings. The van der Waals surface area contributed by atoms with Crippen molar-refractivity contribution in [2.45, 2.75) is 17.5 Å². The van der Waals surface area contributed by atoms with Crippen molar-refractivity contribution in [1.82, 2.24) is 19.7 Å². The summed E-state index contributed by atoms with van der Waals surface area (Å²) < 4.78 is 32.8. The lowest BCUT2D eigenvalue weighted by Gasteiger charge is -2.05. The second kappa shape index (κ2) is 6.33. The van der Waals surface area contributed by atoms with Crippen molar-refractivity contribution in [2.24, 2.45) is 0 Å². The number of rotatable bonds is 5. The first-order chi connectivity index (χ1) is 11.7. The molecule has 3 aromatic heterocycles. The lowest BCUT2D eigenvalue weighted by molar-refractivity contribution is 0.0656. The van der Waals surface area contributed by atoms with Crippen molar-refractivity contribution < 1.29 is 13.3 Å². The minimum Gasteiger partial charge on any atom is -0.338 e. The van der Waals surface area contributed by atoms with Gasteiger partial charge in [0.05, 0.1) is 16.8 Å². The van der Waals surface area contributed by atoms with Gasteiger partial charge < -0.3 is 4.52 Å². The van der Waals surface area contributed by atoms with Gasteiger partial charge in [0.25, 0.3) is 0 Å². The van der Waals surface area contributed by atoms with Crippen LogP contribution in [0.15, 0.2) is 50.8 Å². The zero-order valence-corrected chi connectivity index (χ0v) is 13.7. The third kappa shape index (κ3) is 2.80. The Bertz CT molecular complexity index is 965. The number of fused-ring (bicyclic) bond motifs is 1. The molecule has 0 bridgehead atoms. The van der Waals surface area contributed by atoms with E-state index in [4.69, 9.17) is 4.52 Å². The molecular formula is C15H10F2N4OS2. The monoisotopic (exact) mass is 364 g/mol. The second-order valence-corrected chi connectivity index (χ2v) is 6.57. The average Bonchev–Trinajstić information content (AvgIpc) is 3.30. The molecule has 0 N–H and O–H groups in total. The number of hydrogen-bond acceptors (Lipinski definition) is 6. The summed E-state index contributed by atoms with van der Waals surface area (Å²) in [5, 5.41) is 7.96. The quantitative estimate of drug-likeness (QED) is 0.475. The maximum absolute atomic E-state index is 13.4. The van der Waals surface area contributed by atoms with Gasteiger partial charge in [-0.3, -0.25) is 4.57 Å². The highest BCUT2D eigenvalue weighted by molar-refractivity contribution is 7.98. The van der Waals surface area contributed by atoms with E-state index >= 15 is 0 Å². The van der Waals surface area contributed by atoms with Crippen LogP contribution in [0.25, 0.3) is 22.4 Å². The lowest BCUT2D eigenvalue weighted by Crippen LogP contribution is -2.00. The van der Waals surface area contributed by atoms with Crippen LogP contribution in [0.3, 0.4) is 0 Å². The predicted molar refractivity (Wildman–Crippen MR) is 88.2 cm³/mol. The van der Waals surface area contributed by atoms with E-state index in [0.29, 0.717) is 22.7 Å². The van der Waals surface area contributed by atoms with Gasteiger partial charge in [-0.1, -0.05) is 29.1 Å². The summed E-state index contributed by atoms with van der Waals surface area (Å²) in [6, 6.07) is 8.70. The van der Waals surface area contributed by atoms with Crippen LogP contribution in [0.2, 0.25) is 0 Å². The van der Waals surface area contributed by atoms with E-state index < -0.39 is 6.55 Å². The number of benzene rings is 1. The van der Waals surface area contributed by atoms with E-state index in [1.165, 1.54) is 11.3 Å². The van der Waals surface area contributed by atoms with Crippen LogP contribution in [0.5, 0.6) is 0 Å². The fourth-order valence-corrected chi connectivity index (χ4v) is 3.75. The third-order valence-corrected chi connectivity index (χ3v) is 4.95. The Morgan fingerprint density at radius 1 is 1.21 bits per heavy atom. The second-order valence-electron chi connectivity index (χ2n) is 4.84. The molecule has 5 nitrogen and oxygen atoms in total. The first-order valence-electron chi connectivity index (χ1n) is 6.95. The Labute approximate surface area is 143 Å². The van der Waals surface area contributed by atoms with Gasteiger partial charge in [0.15, 0.2) is 5.16 Å². The van der Waals surface area contributed by atoms with E-state index in [9.17, 15) is 8.78 Å². The zero-order chi connectivity index (χ0) is 16.5. The molecule has 0 radical (unpaired) electrons. The molecule has 0 saturated carbocycles. The molecule has 1 aromatic carbocycles. The van der Waals surface area contributed by atoms with Crippen molar-refractivity contribution in [1.29, 1.82) is 0 Å². The third-order valence-electron chi connectivity index (χ3n) is 3.33. The first kappa shape index (κ1) is 15.3. The maximum atomic E-state index is 13.4. The minimum absolute atomic E-state index is 0.224. The van der Waals surface area contributed by atoms with Crippen LogP contribution in [0.1, 0.15) is 12.4 Å². The fourth-order valence-electron chi connectivity index (χ4n) is 2.26. The number of thiophene rings is 1. The summed E-state index contributed by atoms with van der Waals surface area (Å²) in [7, 11) is 0. The molecule has 9 heteroatoms. The Kier molecular flexibility index (Phi) is 4.03. The van der Waals surface area contributed by atoms with Crippen molar-refractivity contribution in [2.75, 3.05) is 0 Å². The molecule has 0 unspecified atom stereocenters. The molecule has 0 amide bonds. The number of para-hydroxylation sites is 2. The molecular weight excluding hydrogens is 354 g/mol. The highest BCUT2D eigenvalue weighted by Crippen LogP contribution is 2.31. The Morgan fingerprint density at radius 3 is 2.88 bits per heavy atom. The predicted octanol–water partition coefficient (Wildman–Crippen LogP) is 4.84. The van der Waals surface area contributed by atoms with Crippen molar-refractivity contribution in [3.05, 3.63) is 47.0 Å². The molecule has 0 spiro atoms. The van der Waals surface area contributed by atoms with Crippen molar-refractivity contribution in [3.63, 3.8) is 0 Å². The molecule has 0 aliphatic rings. The molecule has 3 heterocycles. The number of nitrogens with zero attached hydrogens (tertiary/aromatic N) is 4. The largest absolute Gasteiger partial charge is 0.338 e. The fraction of sp³-hybridized carbons (Fsp3) is 0.133. The molecule has 4 rings (SSSR count). The normalized spacial score (nSPS) is 11.6. The van der Waals surface area contributed by atoms with E-state index in [1.807, 2.05) is 16.8 Å². The lowest BCUT2D eigenvalue weighted by atomic mass is 10.3. The van der Waals surface area contributed by atoms with Gasteiger partial charge in [0.1, 0.15) is 0 Å². The highest BCUT2D eigenvalue weighted by atomic mass is 32.2. The van der Waals surface area contributed by atoms with E-state index in [-0.39, 0.29) is 10.9 Å². The number of alkyl halides is 2. The first-order valence-corrected chi connectivity index (χ1v) is 8.88. The van der Waals surface area contributed by atoms with Gasteiger partial charge in [0.2, 0.25) is 11.7 Å². The van der Waals surface area contributed by atoms with E-state index in [1.54, 1.807) is 24.3 Å². The zero-order valence-electron chi connectivity index (χ0n) is 12.1.